The number of benzene rings is 1. The third-order valence-corrected chi connectivity index (χ3v) is 4.22. The largest absolute Gasteiger partial charge is 0.491 e. The van der Waals surface area contributed by atoms with Gasteiger partial charge >= 0.3 is 0 Å². The molecule has 1 aromatic rings. The first-order valence-electron chi connectivity index (χ1n) is 7.03. The standard InChI is InChI=1S/C16H25NO2/c1-11-7-12(2)15(13(3)8-11)19-10-16(9-18,17-4)14-5-6-14/h7-8,14,17-18H,5-6,9-10H2,1-4H3. The molecule has 0 aliphatic heterocycles. The molecule has 0 saturated heterocycles. The van der Waals surface area contributed by atoms with Gasteiger partial charge in [0.25, 0.3) is 0 Å². The van der Waals surface area contributed by atoms with Crippen molar-refractivity contribution in [3.8, 4) is 5.75 Å². The van der Waals surface area contributed by atoms with Crippen LogP contribution in [0.4, 0.5) is 0 Å². The maximum atomic E-state index is 9.71. The molecular formula is C16H25NO2. The number of ether oxygens (including phenoxy) is 1. The van der Waals surface area contributed by atoms with Gasteiger partial charge in [-0.05, 0) is 57.7 Å². The van der Waals surface area contributed by atoms with E-state index in [4.69, 9.17) is 4.74 Å². The second kappa shape index (κ2) is 5.51. The van der Waals surface area contributed by atoms with Crippen molar-refractivity contribution in [2.75, 3.05) is 20.3 Å². The fraction of sp³-hybridized carbons (Fsp3) is 0.625. The Morgan fingerprint density at radius 1 is 1.26 bits per heavy atom. The molecule has 1 fully saturated rings. The first-order chi connectivity index (χ1) is 9.02. The van der Waals surface area contributed by atoms with Crippen molar-refractivity contribution in [1.29, 1.82) is 0 Å². The highest BCUT2D eigenvalue weighted by Crippen LogP contribution is 2.40. The predicted octanol–water partition coefficient (Wildman–Crippen LogP) is 2.35. The van der Waals surface area contributed by atoms with Crippen LogP contribution in [0.2, 0.25) is 0 Å². The predicted molar refractivity (Wildman–Crippen MR) is 77.7 cm³/mol. The molecular weight excluding hydrogens is 238 g/mol. The Kier molecular flexibility index (Phi) is 4.16. The lowest BCUT2D eigenvalue weighted by Gasteiger charge is -2.32. The van der Waals surface area contributed by atoms with Gasteiger partial charge in [0.05, 0.1) is 12.1 Å². The molecule has 19 heavy (non-hydrogen) atoms. The number of hydrogen-bond donors (Lipinski definition) is 2. The van der Waals surface area contributed by atoms with Crippen LogP contribution in [0.15, 0.2) is 12.1 Å². The third kappa shape index (κ3) is 2.93. The molecule has 0 heterocycles. The van der Waals surface area contributed by atoms with Gasteiger partial charge in [-0.3, -0.25) is 0 Å². The van der Waals surface area contributed by atoms with Crippen molar-refractivity contribution >= 4 is 0 Å². The van der Waals surface area contributed by atoms with Crippen LogP contribution in [0.25, 0.3) is 0 Å². The van der Waals surface area contributed by atoms with Crippen LogP contribution >= 0.6 is 0 Å². The van der Waals surface area contributed by atoms with Crippen molar-refractivity contribution in [1.82, 2.24) is 5.32 Å². The van der Waals surface area contributed by atoms with Crippen molar-refractivity contribution in [3.05, 3.63) is 28.8 Å². The Hall–Kier alpha value is -1.06. The van der Waals surface area contributed by atoms with E-state index in [2.05, 4.69) is 38.2 Å². The number of likely N-dealkylation sites (N-methyl/N-ethyl adjacent to an activating group) is 1. The summed E-state index contributed by atoms with van der Waals surface area (Å²) in [6.07, 6.45) is 2.35. The molecule has 0 amide bonds. The molecule has 0 bridgehead atoms. The van der Waals surface area contributed by atoms with Gasteiger partial charge in [-0.15, -0.1) is 0 Å². The summed E-state index contributed by atoms with van der Waals surface area (Å²) in [7, 11) is 1.91. The maximum Gasteiger partial charge on any atom is 0.125 e. The van der Waals surface area contributed by atoms with Gasteiger partial charge in [-0.25, -0.2) is 0 Å². The lowest BCUT2D eigenvalue weighted by Crippen LogP contribution is -2.53. The molecule has 0 spiro atoms. The van der Waals surface area contributed by atoms with Crippen molar-refractivity contribution in [3.63, 3.8) is 0 Å². The van der Waals surface area contributed by atoms with Crippen molar-refractivity contribution in [2.24, 2.45) is 5.92 Å². The van der Waals surface area contributed by atoms with Crippen LogP contribution in [0.3, 0.4) is 0 Å². The fourth-order valence-corrected chi connectivity index (χ4v) is 2.88. The highest BCUT2D eigenvalue weighted by atomic mass is 16.5. The lowest BCUT2D eigenvalue weighted by atomic mass is 9.95. The zero-order chi connectivity index (χ0) is 14.0. The Morgan fingerprint density at radius 3 is 2.26 bits per heavy atom. The number of aliphatic hydroxyl groups is 1. The van der Waals surface area contributed by atoms with Crippen LogP contribution in [0, 0.1) is 26.7 Å². The molecule has 2 rings (SSSR count). The Balaban J connectivity index is 2.13. The lowest BCUT2D eigenvalue weighted by molar-refractivity contribution is 0.0908. The summed E-state index contributed by atoms with van der Waals surface area (Å²) in [6, 6.07) is 4.28. The Bertz CT molecular complexity index is 425. The van der Waals surface area contributed by atoms with Crippen molar-refractivity contribution < 1.29 is 9.84 Å². The first-order valence-corrected chi connectivity index (χ1v) is 7.03. The summed E-state index contributed by atoms with van der Waals surface area (Å²) in [5, 5.41) is 13.0. The number of nitrogens with one attached hydrogen (secondary N) is 1. The van der Waals surface area contributed by atoms with Gasteiger partial charge in [0.2, 0.25) is 0 Å². The monoisotopic (exact) mass is 263 g/mol. The summed E-state index contributed by atoms with van der Waals surface area (Å²) in [4.78, 5) is 0. The van der Waals surface area contributed by atoms with Gasteiger partial charge in [-0.2, -0.15) is 0 Å². The minimum Gasteiger partial charge on any atom is -0.491 e. The molecule has 3 nitrogen and oxygen atoms in total. The molecule has 2 N–H and O–H groups in total. The third-order valence-electron chi connectivity index (χ3n) is 4.22. The van der Waals surface area contributed by atoms with Gasteiger partial charge in [-0.1, -0.05) is 17.7 Å². The van der Waals surface area contributed by atoms with Crippen LogP contribution in [0.5, 0.6) is 5.75 Å². The van der Waals surface area contributed by atoms with Gasteiger partial charge in [0, 0.05) is 0 Å². The number of rotatable bonds is 6. The Labute approximate surface area is 116 Å². The molecule has 1 aliphatic carbocycles. The fourth-order valence-electron chi connectivity index (χ4n) is 2.88. The van der Waals surface area contributed by atoms with E-state index in [1.165, 1.54) is 18.4 Å². The molecule has 1 saturated carbocycles. The average Bonchev–Trinajstić information content (AvgIpc) is 3.18. The average molecular weight is 263 g/mol. The van der Waals surface area contributed by atoms with Crippen LogP contribution < -0.4 is 10.1 Å². The SMILES string of the molecule is CNC(CO)(COc1c(C)cc(C)cc1C)C1CC1. The van der Waals surface area contributed by atoms with Gasteiger partial charge < -0.3 is 15.2 Å². The zero-order valence-electron chi connectivity index (χ0n) is 12.4. The van der Waals surface area contributed by atoms with E-state index in [-0.39, 0.29) is 12.1 Å². The molecule has 3 heteroatoms. The molecule has 106 valence electrons. The Morgan fingerprint density at radius 2 is 1.84 bits per heavy atom. The van der Waals surface area contributed by atoms with Crippen LogP contribution in [-0.4, -0.2) is 30.9 Å². The normalized spacial score (nSPS) is 18.2. The topological polar surface area (TPSA) is 41.5 Å². The van der Waals surface area contributed by atoms with Gasteiger partial charge in [0.15, 0.2) is 0 Å². The smallest absolute Gasteiger partial charge is 0.125 e. The van der Waals surface area contributed by atoms with E-state index in [1.807, 2.05) is 7.05 Å². The van der Waals surface area contributed by atoms with E-state index in [0.717, 1.165) is 16.9 Å². The summed E-state index contributed by atoms with van der Waals surface area (Å²) in [5.41, 5.74) is 3.29. The molecule has 1 atom stereocenters. The number of aryl methyl sites for hydroxylation is 3. The second-order valence-corrected chi connectivity index (χ2v) is 5.86. The maximum absolute atomic E-state index is 9.71. The van der Waals surface area contributed by atoms with Gasteiger partial charge in [0.1, 0.15) is 12.4 Å². The number of aliphatic hydroxyl groups excluding tert-OH is 1. The van der Waals surface area contributed by atoms with Crippen LogP contribution in [-0.2, 0) is 0 Å². The summed E-state index contributed by atoms with van der Waals surface area (Å²) >= 11 is 0. The minimum atomic E-state index is -0.288. The summed E-state index contributed by atoms with van der Waals surface area (Å²) in [6.45, 7) is 6.89. The summed E-state index contributed by atoms with van der Waals surface area (Å²) in [5.74, 6) is 1.49. The highest BCUT2D eigenvalue weighted by Gasteiger charge is 2.44. The number of hydrogen-bond acceptors (Lipinski definition) is 3. The van der Waals surface area contributed by atoms with E-state index in [1.54, 1.807) is 0 Å². The highest BCUT2D eigenvalue weighted by molar-refractivity contribution is 5.43. The van der Waals surface area contributed by atoms with E-state index in [9.17, 15) is 5.11 Å². The van der Waals surface area contributed by atoms with E-state index >= 15 is 0 Å². The quantitative estimate of drug-likeness (QED) is 0.828. The van der Waals surface area contributed by atoms with Crippen molar-refractivity contribution in [2.45, 2.75) is 39.2 Å². The van der Waals surface area contributed by atoms with Crippen LogP contribution in [0.1, 0.15) is 29.5 Å². The van der Waals surface area contributed by atoms with E-state index < -0.39 is 0 Å². The molecule has 0 aromatic heterocycles. The molecule has 1 aliphatic rings. The molecule has 1 aromatic carbocycles. The first kappa shape index (κ1) is 14.4. The second-order valence-electron chi connectivity index (χ2n) is 5.86. The molecule has 1 unspecified atom stereocenters. The van der Waals surface area contributed by atoms with E-state index in [0.29, 0.717) is 12.5 Å². The summed E-state index contributed by atoms with van der Waals surface area (Å²) < 4.78 is 6.05. The minimum absolute atomic E-state index is 0.123. The molecule has 0 radical (unpaired) electrons. The zero-order valence-corrected chi connectivity index (χ0v) is 12.4.